The van der Waals surface area contributed by atoms with Gasteiger partial charge in [0, 0.05) is 44.6 Å². The first-order valence-corrected chi connectivity index (χ1v) is 15.2. The lowest BCUT2D eigenvalue weighted by atomic mass is 9.76. The Balaban J connectivity index is 0.000000173. The van der Waals surface area contributed by atoms with Crippen molar-refractivity contribution in [1.29, 1.82) is 0 Å². The summed E-state index contributed by atoms with van der Waals surface area (Å²) in [5, 5.41) is 0. The Bertz CT molecular complexity index is 1300. The Labute approximate surface area is 254 Å². The van der Waals surface area contributed by atoms with E-state index in [-0.39, 0.29) is 36.0 Å². The average molecular weight is 587 g/mol. The lowest BCUT2D eigenvalue weighted by Gasteiger charge is -2.24. The van der Waals surface area contributed by atoms with Gasteiger partial charge in [-0.3, -0.25) is 14.5 Å². The lowest BCUT2D eigenvalue weighted by Crippen LogP contribution is -2.36. The van der Waals surface area contributed by atoms with Crippen LogP contribution in [0.1, 0.15) is 36.8 Å². The maximum atomic E-state index is 12.3. The van der Waals surface area contributed by atoms with Crippen LogP contribution in [0.25, 0.3) is 0 Å². The largest absolute Gasteiger partial charge is 0.465 e. The van der Waals surface area contributed by atoms with Crippen molar-refractivity contribution in [3.05, 3.63) is 97.1 Å². The lowest BCUT2D eigenvalue weighted by molar-refractivity contribution is -0.147. The predicted octanol–water partition coefficient (Wildman–Crippen LogP) is 5.39. The zero-order valence-corrected chi connectivity index (χ0v) is 24.8. The summed E-state index contributed by atoms with van der Waals surface area (Å²) in [6, 6.07) is 20.0. The molecule has 0 aliphatic carbocycles. The number of benzene rings is 2. The highest BCUT2D eigenvalue weighted by molar-refractivity contribution is 5.82. The van der Waals surface area contributed by atoms with Gasteiger partial charge in [-0.25, -0.2) is 4.79 Å². The number of rotatable bonds is 10. The summed E-state index contributed by atoms with van der Waals surface area (Å²) in [6.45, 7) is 12.3. The first kappa shape index (κ1) is 30.5. The first-order valence-electron chi connectivity index (χ1n) is 15.2. The molecule has 0 aromatic heterocycles. The van der Waals surface area contributed by atoms with Gasteiger partial charge in [-0.1, -0.05) is 72.8 Å². The average Bonchev–Trinajstić information content (AvgIpc) is 3.75. The molecule has 4 heterocycles. The molecule has 4 saturated heterocycles. The number of carbonyl (C=O) groups is 3. The number of ether oxygens (including phenoxy) is 3. The molecule has 0 radical (unpaired) electrons. The van der Waals surface area contributed by atoms with Crippen LogP contribution in [0.5, 0.6) is 0 Å². The molecule has 4 unspecified atom stereocenters. The summed E-state index contributed by atoms with van der Waals surface area (Å²) in [4.78, 5) is 40.7. The molecule has 228 valence electrons. The fraction of sp³-hybridized carbons (Fsp3) is 0.457. The van der Waals surface area contributed by atoms with Gasteiger partial charge in [0.05, 0.1) is 24.0 Å². The minimum absolute atomic E-state index is 0.0000818. The van der Waals surface area contributed by atoms with Crippen LogP contribution in [0.4, 0.5) is 4.79 Å². The second kappa shape index (κ2) is 13.6. The molecule has 0 N–H and O–H groups in total. The molecule has 6 rings (SSSR count). The van der Waals surface area contributed by atoms with Gasteiger partial charge in [0.25, 0.3) is 0 Å². The molecule has 4 fully saturated rings. The van der Waals surface area contributed by atoms with E-state index in [0.717, 1.165) is 44.5 Å². The molecular weight excluding hydrogens is 544 g/mol. The molecule has 4 aliphatic heterocycles. The van der Waals surface area contributed by atoms with E-state index in [1.54, 1.807) is 11.0 Å². The summed E-state index contributed by atoms with van der Waals surface area (Å²) in [6.07, 6.45) is 6.48. The number of hydrogen-bond donors (Lipinski definition) is 0. The number of esters is 2. The van der Waals surface area contributed by atoms with E-state index in [1.165, 1.54) is 5.56 Å². The molecule has 2 aromatic carbocycles. The molecule has 4 aliphatic rings. The van der Waals surface area contributed by atoms with E-state index < -0.39 is 5.41 Å². The molecule has 8 heteroatoms. The van der Waals surface area contributed by atoms with E-state index in [1.807, 2.05) is 42.5 Å². The summed E-state index contributed by atoms with van der Waals surface area (Å²) < 4.78 is 15.9. The second-order valence-electron chi connectivity index (χ2n) is 12.1. The minimum atomic E-state index is -0.583. The van der Waals surface area contributed by atoms with Gasteiger partial charge in [0.1, 0.15) is 6.61 Å². The third-order valence-corrected chi connectivity index (χ3v) is 9.41. The Morgan fingerprint density at radius 2 is 1.35 bits per heavy atom. The molecule has 0 bridgehead atoms. The van der Waals surface area contributed by atoms with Gasteiger partial charge in [-0.2, -0.15) is 0 Å². The third-order valence-electron chi connectivity index (χ3n) is 9.41. The highest BCUT2D eigenvalue weighted by Crippen LogP contribution is 2.47. The van der Waals surface area contributed by atoms with Crippen LogP contribution in [-0.4, -0.2) is 67.2 Å². The van der Waals surface area contributed by atoms with Crippen molar-refractivity contribution in [3.8, 4) is 0 Å². The van der Waals surface area contributed by atoms with E-state index in [2.05, 4.69) is 42.3 Å². The van der Waals surface area contributed by atoms with Crippen molar-refractivity contribution < 1.29 is 28.6 Å². The number of nitrogens with zero attached hydrogens (tertiary/aromatic N) is 2. The number of carbonyl (C=O) groups excluding carboxylic acids is 3. The van der Waals surface area contributed by atoms with Crippen molar-refractivity contribution >= 4 is 18.0 Å². The number of amides is 1. The Morgan fingerprint density at radius 3 is 1.93 bits per heavy atom. The Morgan fingerprint density at radius 1 is 0.814 bits per heavy atom. The molecule has 8 nitrogen and oxygen atoms in total. The molecule has 1 amide bonds. The van der Waals surface area contributed by atoms with Crippen molar-refractivity contribution in [2.24, 2.45) is 22.7 Å². The van der Waals surface area contributed by atoms with Crippen LogP contribution in [0.2, 0.25) is 0 Å². The number of likely N-dealkylation sites (tertiary alicyclic amines) is 2. The molecule has 2 aromatic rings. The predicted molar refractivity (Wildman–Crippen MR) is 163 cm³/mol. The summed E-state index contributed by atoms with van der Waals surface area (Å²) in [5.41, 5.74) is 1.38. The van der Waals surface area contributed by atoms with Crippen LogP contribution in [0.15, 0.2) is 86.0 Å². The zero-order valence-electron chi connectivity index (χ0n) is 24.8. The van der Waals surface area contributed by atoms with Gasteiger partial charge in [0.15, 0.2) is 0 Å². The SMILES string of the molecule is C=CCCC12CN(C(=O)OCc3ccccc3)CC1COC2=O.C=CCCC12CN(Cc3ccccc3)CC1COC2=O. The molecule has 0 saturated carbocycles. The highest BCUT2D eigenvalue weighted by atomic mass is 16.6. The second-order valence-corrected chi connectivity index (χ2v) is 12.1. The van der Waals surface area contributed by atoms with E-state index in [0.29, 0.717) is 38.6 Å². The van der Waals surface area contributed by atoms with Gasteiger partial charge in [-0.05, 0) is 36.8 Å². The van der Waals surface area contributed by atoms with Crippen LogP contribution >= 0.6 is 0 Å². The minimum Gasteiger partial charge on any atom is -0.465 e. The quantitative estimate of drug-likeness (QED) is 0.210. The molecule has 0 spiro atoms. The van der Waals surface area contributed by atoms with Crippen molar-refractivity contribution in [2.75, 3.05) is 39.4 Å². The normalized spacial score (nSPS) is 27.4. The summed E-state index contributed by atoms with van der Waals surface area (Å²) in [7, 11) is 0. The van der Waals surface area contributed by atoms with Crippen molar-refractivity contribution in [3.63, 3.8) is 0 Å². The van der Waals surface area contributed by atoms with E-state index >= 15 is 0 Å². The van der Waals surface area contributed by atoms with Gasteiger partial charge >= 0.3 is 18.0 Å². The molecule has 4 atom stereocenters. The smallest absolute Gasteiger partial charge is 0.410 e. The topological polar surface area (TPSA) is 85.4 Å². The Hall–Kier alpha value is -3.91. The van der Waals surface area contributed by atoms with Crippen LogP contribution in [0.3, 0.4) is 0 Å². The van der Waals surface area contributed by atoms with Crippen molar-refractivity contribution in [1.82, 2.24) is 9.80 Å². The molecular formula is C35H42N2O6. The highest BCUT2D eigenvalue weighted by Gasteiger charge is 2.58. The number of fused-ring (bicyclic) bond motifs is 2. The number of cyclic esters (lactones) is 2. The fourth-order valence-corrected chi connectivity index (χ4v) is 6.98. The maximum Gasteiger partial charge on any atom is 0.410 e. The maximum absolute atomic E-state index is 12.3. The summed E-state index contributed by atoms with van der Waals surface area (Å²) in [5.74, 6) is 0.209. The Kier molecular flexibility index (Phi) is 9.65. The fourth-order valence-electron chi connectivity index (χ4n) is 6.98. The van der Waals surface area contributed by atoms with E-state index in [4.69, 9.17) is 14.2 Å². The third kappa shape index (κ3) is 6.54. The van der Waals surface area contributed by atoms with Crippen LogP contribution in [-0.2, 0) is 37.0 Å². The first-order chi connectivity index (χ1) is 20.9. The number of hydrogen-bond acceptors (Lipinski definition) is 7. The van der Waals surface area contributed by atoms with E-state index in [9.17, 15) is 14.4 Å². The van der Waals surface area contributed by atoms with Crippen LogP contribution < -0.4 is 0 Å². The standard InChI is InChI=1S/C18H21NO4.C17H21NO2/c1-2-3-9-18-13-19(10-15(18)12-22-16(18)20)17(21)23-11-14-7-5-4-6-8-14;1-2-3-9-17-13-18(10-14-7-5-4-6-8-14)11-15(17)12-20-16(17)19/h2,4-8,15H,1,3,9-13H2;2,4-8,15H,1,3,9-13H2. The van der Waals surface area contributed by atoms with Gasteiger partial charge in [-0.15, -0.1) is 13.2 Å². The van der Waals surface area contributed by atoms with Crippen LogP contribution in [0, 0.1) is 22.7 Å². The monoisotopic (exact) mass is 586 g/mol. The molecule has 43 heavy (non-hydrogen) atoms. The van der Waals surface area contributed by atoms with Gasteiger partial charge in [0.2, 0.25) is 0 Å². The number of allylic oxidation sites excluding steroid dienone is 2. The van der Waals surface area contributed by atoms with Gasteiger partial charge < -0.3 is 19.1 Å². The van der Waals surface area contributed by atoms with Crippen molar-refractivity contribution in [2.45, 2.75) is 38.8 Å². The summed E-state index contributed by atoms with van der Waals surface area (Å²) >= 11 is 0. The zero-order chi connectivity index (χ0) is 30.3.